The summed E-state index contributed by atoms with van der Waals surface area (Å²) < 4.78 is 0. The topological polar surface area (TPSA) is 118 Å². The molecular formula is C26H23N7O3. The third-order valence-corrected chi connectivity index (χ3v) is 7.58. The Bertz CT molecular complexity index is 1510. The fourth-order valence-electron chi connectivity index (χ4n) is 5.70. The Morgan fingerprint density at radius 2 is 1.81 bits per heavy atom. The SMILES string of the molecule is CN1C(=O)NC(=O)C12Cc1cc3nc(CN4c5ccccc5N(c5ccccn5)C4O)[nH]c3cc1C2. The number of likely N-dealkylation sites (N-methyl/N-ethyl adjacent to an activating group) is 1. The summed E-state index contributed by atoms with van der Waals surface area (Å²) >= 11 is 0. The second-order valence-electron chi connectivity index (χ2n) is 9.55. The number of benzene rings is 2. The van der Waals surface area contributed by atoms with Gasteiger partial charge in [0.15, 0.2) is 0 Å². The molecule has 2 aromatic carbocycles. The van der Waals surface area contributed by atoms with Crippen molar-refractivity contribution in [3.05, 3.63) is 77.7 Å². The van der Waals surface area contributed by atoms with E-state index in [1.807, 2.05) is 59.5 Å². The quantitative estimate of drug-likeness (QED) is 0.385. The third kappa shape index (κ3) is 2.81. The van der Waals surface area contributed by atoms with E-state index in [0.29, 0.717) is 31.0 Å². The first kappa shape index (κ1) is 20.9. The highest BCUT2D eigenvalue weighted by Gasteiger charge is 2.54. The van der Waals surface area contributed by atoms with Crippen LogP contribution >= 0.6 is 0 Å². The van der Waals surface area contributed by atoms with E-state index in [1.54, 1.807) is 18.1 Å². The number of rotatable bonds is 3. The molecule has 36 heavy (non-hydrogen) atoms. The van der Waals surface area contributed by atoms with Gasteiger partial charge in [-0.15, -0.1) is 0 Å². The molecule has 1 aliphatic carbocycles. The fraction of sp³-hybridized carbons (Fsp3) is 0.231. The zero-order valence-corrected chi connectivity index (χ0v) is 19.5. The Morgan fingerprint density at radius 1 is 1.06 bits per heavy atom. The number of pyridine rings is 1. The monoisotopic (exact) mass is 481 g/mol. The van der Waals surface area contributed by atoms with E-state index in [9.17, 15) is 14.7 Å². The number of imidazole rings is 1. The van der Waals surface area contributed by atoms with Crippen LogP contribution in [-0.2, 0) is 24.2 Å². The molecule has 180 valence electrons. The summed E-state index contributed by atoms with van der Waals surface area (Å²) in [6.45, 7) is 0.366. The number of carbonyl (C=O) groups excluding carboxylic acids is 2. The van der Waals surface area contributed by atoms with Gasteiger partial charge in [-0.1, -0.05) is 18.2 Å². The number of hydrogen-bond donors (Lipinski definition) is 3. The van der Waals surface area contributed by atoms with Gasteiger partial charge in [-0.2, -0.15) is 0 Å². The number of aromatic nitrogens is 3. The lowest BCUT2D eigenvalue weighted by molar-refractivity contribution is -0.125. The molecule has 3 N–H and O–H groups in total. The molecule has 0 saturated carbocycles. The first-order valence-corrected chi connectivity index (χ1v) is 11.8. The number of hydrogen-bond acceptors (Lipinski definition) is 7. The molecule has 0 bridgehead atoms. The average Bonchev–Trinajstić information content (AvgIpc) is 3.58. The number of carbonyl (C=O) groups is 2. The zero-order valence-electron chi connectivity index (χ0n) is 19.5. The molecule has 2 aliphatic heterocycles. The van der Waals surface area contributed by atoms with Gasteiger partial charge in [-0.3, -0.25) is 15.0 Å². The zero-order chi connectivity index (χ0) is 24.6. The van der Waals surface area contributed by atoms with Crippen LogP contribution in [0.4, 0.5) is 22.0 Å². The van der Waals surface area contributed by atoms with E-state index in [0.717, 1.165) is 33.5 Å². The van der Waals surface area contributed by atoms with Crippen LogP contribution in [0.15, 0.2) is 60.8 Å². The predicted octanol–water partition coefficient (Wildman–Crippen LogP) is 2.41. The van der Waals surface area contributed by atoms with Gasteiger partial charge >= 0.3 is 6.03 Å². The van der Waals surface area contributed by atoms with Crippen molar-refractivity contribution < 1.29 is 14.7 Å². The molecule has 1 fully saturated rings. The molecule has 3 aliphatic rings. The minimum Gasteiger partial charge on any atom is -0.356 e. The molecule has 1 spiro atoms. The number of aliphatic hydroxyl groups excluding tert-OH is 1. The Balaban J connectivity index is 1.20. The van der Waals surface area contributed by atoms with Crippen molar-refractivity contribution in [1.82, 2.24) is 25.2 Å². The maximum Gasteiger partial charge on any atom is 0.324 e. The summed E-state index contributed by atoms with van der Waals surface area (Å²) in [6, 6.07) is 17.1. The Hall–Kier alpha value is -4.44. The van der Waals surface area contributed by atoms with Crippen molar-refractivity contribution in [2.45, 2.75) is 31.3 Å². The smallest absolute Gasteiger partial charge is 0.324 e. The molecule has 1 saturated heterocycles. The lowest BCUT2D eigenvalue weighted by Crippen LogP contribution is -2.48. The summed E-state index contributed by atoms with van der Waals surface area (Å²) in [6.07, 6.45) is 1.70. The summed E-state index contributed by atoms with van der Waals surface area (Å²) in [5.41, 5.74) is 4.60. The summed E-state index contributed by atoms with van der Waals surface area (Å²) in [5, 5.41) is 13.7. The first-order valence-electron chi connectivity index (χ1n) is 11.8. The number of nitrogens with zero attached hydrogens (tertiary/aromatic N) is 5. The number of urea groups is 1. The van der Waals surface area contributed by atoms with E-state index in [-0.39, 0.29) is 11.9 Å². The third-order valence-electron chi connectivity index (χ3n) is 7.58. The largest absolute Gasteiger partial charge is 0.356 e. The highest BCUT2D eigenvalue weighted by atomic mass is 16.3. The number of anilines is 3. The van der Waals surface area contributed by atoms with Crippen LogP contribution in [0.25, 0.3) is 11.0 Å². The van der Waals surface area contributed by atoms with Crippen LogP contribution in [0, 0.1) is 0 Å². The fourth-order valence-corrected chi connectivity index (χ4v) is 5.70. The van der Waals surface area contributed by atoms with Gasteiger partial charge in [-0.05, 0) is 47.5 Å². The van der Waals surface area contributed by atoms with Crippen LogP contribution in [0.3, 0.4) is 0 Å². The van der Waals surface area contributed by atoms with E-state index in [2.05, 4.69) is 15.3 Å². The van der Waals surface area contributed by atoms with Crippen molar-refractivity contribution >= 4 is 40.2 Å². The van der Waals surface area contributed by atoms with Crippen LogP contribution in [0.2, 0.25) is 0 Å². The molecule has 2 aromatic heterocycles. The molecule has 10 heteroatoms. The van der Waals surface area contributed by atoms with Crippen LogP contribution < -0.4 is 15.1 Å². The van der Waals surface area contributed by atoms with E-state index < -0.39 is 11.9 Å². The molecule has 4 aromatic rings. The number of imide groups is 1. The average molecular weight is 482 g/mol. The van der Waals surface area contributed by atoms with Crippen molar-refractivity contribution in [1.29, 1.82) is 0 Å². The second-order valence-corrected chi connectivity index (χ2v) is 9.55. The second kappa shape index (κ2) is 7.28. The number of nitrogens with one attached hydrogen (secondary N) is 2. The molecule has 4 heterocycles. The van der Waals surface area contributed by atoms with Crippen molar-refractivity contribution in [2.75, 3.05) is 16.8 Å². The van der Waals surface area contributed by atoms with Gasteiger partial charge in [0.1, 0.15) is 17.2 Å². The first-order chi connectivity index (χ1) is 17.4. The maximum atomic E-state index is 12.6. The van der Waals surface area contributed by atoms with Gasteiger partial charge in [0, 0.05) is 26.1 Å². The van der Waals surface area contributed by atoms with Crippen LogP contribution in [-0.4, -0.2) is 55.8 Å². The number of para-hydroxylation sites is 2. The van der Waals surface area contributed by atoms with E-state index in [4.69, 9.17) is 4.98 Å². The normalized spacial score (nSPS) is 19.9. The van der Waals surface area contributed by atoms with Crippen LogP contribution in [0.5, 0.6) is 0 Å². The minimum absolute atomic E-state index is 0.248. The minimum atomic E-state index is -0.940. The van der Waals surface area contributed by atoms with Gasteiger partial charge in [0.05, 0.1) is 29.0 Å². The van der Waals surface area contributed by atoms with Gasteiger partial charge in [-0.25, -0.2) is 14.8 Å². The Kier molecular flexibility index (Phi) is 4.23. The van der Waals surface area contributed by atoms with Gasteiger partial charge in [0.2, 0.25) is 6.35 Å². The molecular weight excluding hydrogens is 458 g/mol. The highest BCUT2D eigenvalue weighted by Crippen LogP contribution is 2.43. The number of amides is 3. The number of fused-ring (bicyclic) bond motifs is 3. The molecule has 3 amide bonds. The predicted molar refractivity (Wildman–Crippen MR) is 133 cm³/mol. The van der Waals surface area contributed by atoms with Gasteiger partial charge < -0.3 is 19.9 Å². The van der Waals surface area contributed by atoms with Gasteiger partial charge in [0.25, 0.3) is 5.91 Å². The highest BCUT2D eigenvalue weighted by molar-refractivity contribution is 6.07. The van der Waals surface area contributed by atoms with E-state index in [1.165, 1.54) is 4.90 Å². The van der Waals surface area contributed by atoms with Crippen molar-refractivity contribution in [2.24, 2.45) is 0 Å². The summed E-state index contributed by atoms with van der Waals surface area (Å²) in [4.78, 5) is 42.5. The lowest BCUT2D eigenvalue weighted by atomic mass is 9.95. The molecule has 2 unspecified atom stereocenters. The molecule has 7 rings (SSSR count). The van der Waals surface area contributed by atoms with Crippen molar-refractivity contribution in [3.63, 3.8) is 0 Å². The lowest BCUT2D eigenvalue weighted by Gasteiger charge is -2.27. The number of aromatic amines is 1. The Morgan fingerprint density at radius 3 is 2.53 bits per heavy atom. The summed E-state index contributed by atoms with van der Waals surface area (Å²) in [7, 11) is 1.67. The standard InChI is InChI=1S/C26H23N7O3/c1-31-24(35)30-23(34)26(31)12-15-10-17-18(11-16(15)13-26)29-21(28-17)14-32-19-6-2-3-7-20(19)33(25(32)36)22-8-4-5-9-27-22/h2-11,25,36H,12-14H2,1H3,(H,28,29)(H,30,34,35). The number of aliphatic hydroxyl groups is 1. The molecule has 10 nitrogen and oxygen atoms in total. The molecule has 2 atom stereocenters. The number of H-pyrrole nitrogens is 1. The van der Waals surface area contributed by atoms with Crippen molar-refractivity contribution in [3.8, 4) is 0 Å². The Labute approximate surface area is 206 Å². The van der Waals surface area contributed by atoms with E-state index >= 15 is 0 Å². The molecule has 0 radical (unpaired) electrons. The van der Waals surface area contributed by atoms with Crippen LogP contribution in [0.1, 0.15) is 17.0 Å². The summed E-state index contributed by atoms with van der Waals surface area (Å²) in [5.74, 6) is 1.13. The maximum absolute atomic E-state index is 12.6.